The number of halogens is 3. The Bertz CT molecular complexity index is 292. The van der Waals surface area contributed by atoms with E-state index in [1.807, 2.05) is 0 Å². The monoisotopic (exact) mass is 304 g/mol. The summed E-state index contributed by atoms with van der Waals surface area (Å²) in [7, 11) is 0. The van der Waals surface area contributed by atoms with Crippen molar-refractivity contribution in [3.8, 4) is 0 Å². The van der Waals surface area contributed by atoms with Gasteiger partial charge < -0.3 is 10.1 Å². The van der Waals surface area contributed by atoms with E-state index in [1.54, 1.807) is 6.20 Å². The second-order valence-electron chi connectivity index (χ2n) is 3.34. The summed E-state index contributed by atoms with van der Waals surface area (Å²) in [5.41, 5.74) is 0. The predicted octanol–water partition coefficient (Wildman–Crippen LogP) is 2.91. The summed E-state index contributed by atoms with van der Waals surface area (Å²) in [5.74, 6) is 0. The van der Waals surface area contributed by atoms with Gasteiger partial charge in [-0.15, -0.1) is 36.2 Å². The zero-order valence-electron chi connectivity index (χ0n) is 8.65. The Kier molecular flexibility index (Phi) is 8.73. The fraction of sp³-hybridized carbons (Fsp3) is 0.667. The lowest BCUT2D eigenvalue weighted by Crippen LogP contribution is -2.32. The Labute approximate surface area is 117 Å². The minimum absolute atomic E-state index is 0. The van der Waals surface area contributed by atoms with Gasteiger partial charge in [0, 0.05) is 6.20 Å². The summed E-state index contributed by atoms with van der Waals surface area (Å²) in [6.07, 6.45) is 4.39. The topological polar surface area (TPSA) is 34.1 Å². The number of ether oxygens (including phenoxy) is 1. The molecule has 0 amide bonds. The highest BCUT2D eigenvalue weighted by Gasteiger charge is 2.13. The molecule has 0 aromatic carbocycles. The van der Waals surface area contributed by atoms with Gasteiger partial charge in [-0.05, 0) is 25.9 Å². The Morgan fingerprint density at radius 3 is 2.69 bits per heavy atom. The number of nitrogens with zero attached hydrogens (tertiary/aromatic N) is 1. The van der Waals surface area contributed by atoms with E-state index in [4.69, 9.17) is 16.3 Å². The Morgan fingerprint density at radius 1 is 1.44 bits per heavy atom. The smallest absolute Gasteiger partial charge is 0.183 e. The summed E-state index contributed by atoms with van der Waals surface area (Å²) in [6, 6.07) is 0. The number of nitrogens with one attached hydrogen (secondary N) is 1. The molecule has 0 spiro atoms. The molecule has 1 aliphatic heterocycles. The van der Waals surface area contributed by atoms with E-state index in [0.29, 0.717) is 17.2 Å². The van der Waals surface area contributed by atoms with Gasteiger partial charge in [0.05, 0.1) is 17.6 Å². The van der Waals surface area contributed by atoms with Gasteiger partial charge in [0.1, 0.15) is 0 Å². The summed E-state index contributed by atoms with van der Waals surface area (Å²) < 4.78 is 6.35. The van der Waals surface area contributed by atoms with Crippen molar-refractivity contribution < 1.29 is 4.74 Å². The van der Waals surface area contributed by atoms with Crippen LogP contribution in [0.1, 0.15) is 17.7 Å². The average Bonchev–Trinajstić information content (AvgIpc) is 2.63. The van der Waals surface area contributed by atoms with Crippen LogP contribution in [-0.4, -0.2) is 24.2 Å². The zero-order valence-corrected chi connectivity index (χ0v) is 11.9. The van der Waals surface area contributed by atoms with E-state index in [9.17, 15) is 0 Å². The van der Waals surface area contributed by atoms with Crippen molar-refractivity contribution in [1.82, 2.24) is 10.3 Å². The first-order valence-corrected chi connectivity index (χ1v) is 5.96. The van der Waals surface area contributed by atoms with Crippen LogP contribution in [-0.2, 0) is 11.3 Å². The molecule has 0 unspecified atom stereocenters. The van der Waals surface area contributed by atoms with Crippen LogP contribution in [0.4, 0.5) is 0 Å². The van der Waals surface area contributed by atoms with Crippen molar-refractivity contribution in [2.45, 2.75) is 25.6 Å². The van der Waals surface area contributed by atoms with Crippen LogP contribution in [0.5, 0.6) is 0 Å². The van der Waals surface area contributed by atoms with E-state index in [0.717, 1.165) is 30.8 Å². The van der Waals surface area contributed by atoms with Gasteiger partial charge in [0.2, 0.25) is 0 Å². The van der Waals surface area contributed by atoms with Crippen molar-refractivity contribution in [3.05, 3.63) is 15.5 Å². The molecule has 94 valence electrons. The maximum absolute atomic E-state index is 5.75. The molecule has 0 radical (unpaired) electrons. The second kappa shape index (κ2) is 8.50. The minimum atomic E-state index is 0. The molecule has 1 aromatic heterocycles. The third-order valence-corrected chi connectivity index (χ3v) is 3.36. The molecule has 7 heteroatoms. The normalized spacial score (nSPS) is 16.3. The first kappa shape index (κ1) is 16.4. The zero-order chi connectivity index (χ0) is 9.80. The molecule has 0 atom stereocenters. The molecular weight excluding hydrogens is 291 g/mol. The van der Waals surface area contributed by atoms with E-state index < -0.39 is 0 Å². The van der Waals surface area contributed by atoms with Crippen LogP contribution in [0.25, 0.3) is 0 Å². The molecule has 1 saturated heterocycles. The summed E-state index contributed by atoms with van der Waals surface area (Å²) in [4.78, 5) is 5.08. The van der Waals surface area contributed by atoms with Crippen LogP contribution >= 0.6 is 47.8 Å². The standard InChI is InChI=1S/C9H13ClN2OS.2ClH/c10-9-12-5-8(14-9)6-13-7-1-3-11-4-2-7;;/h5,7,11H,1-4,6H2;2*1H. The van der Waals surface area contributed by atoms with Crippen LogP contribution < -0.4 is 5.32 Å². The van der Waals surface area contributed by atoms with Gasteiger partial charge >= 0.3 is 0 Å². The maximum Gasteiger partial charge on any atom is 0.183 e. The summed E-state index contributed by atoms with van der Waals surface area (Å²) in [6.45, 7) is 2.78. The highest BCUT2D eigenvalue weighted by atomic mass is 35.5. The lowest BCUT2D eigenvalue weighted by molar-refractivity contribution is 0.0225. The number of aromatic nitrogens is 1. The van der Waals surface area contributed by atoms with Crippen LogP contribution in [0, 0.1) is 0 Å². The molecule has 0 saturated carbocycles. The van der Waals surface area contributed by atoms with Gasteiger partial charge in [-0.2, -0.15) is 0 Å². The van der Waals surface area contributed by atoms with E-state index >= 15 is 0 Å². The quantitative estimate of drug-likeness (QED) is 0.932. The predicted molar refractivity (Wildman–Crippen MR) is 72.3 cm³/mol. The number of hydrogen-bond acceptors (Lipinski definition) is 4. The second-order valence-corrected chi connectivity index (χ2v) is 5.04. The molecule has 3 nitrogen and oxygen atoms in total. The van der Waals surface area contributed by atoms with Gasteiger partial charge in [-0.25, -0.2) is 4.98 Å². The molecule has 0 bridgehead atoms. The van der Waals surface area contributed by atoms with Crippen LogP contribution in [0.3, 0.4) is 0 Å². The van der Waals surface area contributed by atoms with Gasteiger partial charge in [0.25, 0.3) is 0 Å². The largest absolute Gasteiger partial charge is 0.373 e. The molecule has 1 N–H and O–H groups in total. The highest BCUT2D eigenvalue weighted by Crippen LogP contribution is 2.19. The van der Waals surface area contributed by atoms with Crippen molar-refractivity contribution in [2.24, 2.45) is 0 Å². The third kappa shape index (κ3) is 5.17. The van der Waals surface area contributed by atoms with E-state index in [2.05, 4.69) is 10.3 Å². The van der Waals surface area contributed by atoms with E-state index in [-0.39, 0.29) is 24.8 Å². The fourth-order valence-corrected chi connectivity index (χ4v) is 2.41. The van der Waals surface area contributed by atoms with E-state index in [1.165, 1.54) is 11.3 Å². The molecule has 16 heavy (non-hydrogen) atoms. The highest BCUT2D eigenvalue weighted by molar-refractivity contribution is 7.15. The van der Waals surface area contributed by atoms with Crippen molar-refractivity contribution in [3.63, 3.8) is 0 Å². The Balaban J connectivity index is 0.00000112. The first-order chi connectivity index (χ1) is 6.84. The molecule has 1 fully saturated rings. The SMILES string of the molecule is Cl.Cl.Clc1ncc(COC2CCNCC2)s1. The van der Waals surface area contributed by atoms with Crippen LogP contribution in [0.2, 0.25) is 4.47 Å². The molecule has 1 aliphatic rings. The van der Waals surface area contributed by atoms with Crippen molar-refractivity contribution in [1.29, 1.82) is 0 Å². The van der Waals surface area contributed by atoms with Gasteiger partial charge in [-0.3, -0.25) is 0 Å². The minimum Gasteiger partial charge on any atom is -0.373 e. The first-order valence-electron chi connectivity index (χ1n) is 4.77. The molecule has 0 aliphatic carbocycles. The Hall–Kier alpha value is 0.420. The lowest BCUT2D eigenvalue weighted by atomic mass is 10.1. The maximum atomic E-state index is 5.75. The number of thiazole rings is 1. The van der Waals surface area contributed by atoms with Crippen molar-refractivity contribution in [2.75, 3.05) is 13.1 Å². The summed E-state index contributed by atoms with van der Waals surface area (Å²) in [5, 5.41) is 3.31. The molecule has 2 heterocycles. The van der Waals surface area contributed by atoms with Gasteiger partial charge in [0.15, 0.2) is 4.47 Å². The number of rotatable bonds is 3. The molecular formula is C9H15Cl3N2OS. The number of hydrogen-bond donors (Lipinski definition) is 1. The van der Waals surface area contributed by atoms with Gasteiger partial charge in [-0.1, -0.05) is 11.6 Å². The fourth-order valence-electron chi connectivity index (χ4n) is 1.51. The number of piperidine rings is 1. The Morgan fingerprint density at radius 2 is 2.12 bits per heavy atom. The molecule has 2 rings (SSSR count). The average molecular weight is 306 g/mol. The molecule has 1 aromatic rings. The van der Waals surface area contributed by atoms with Crippen LogP contribution in [0.15, 0.2) is 6.20 Å². The lowest BCUT2D eigenvalue weighted by Gasteiger charge is -2.22. The summed E-state index contributed by atoms with van der Waals surface area (Å²) >= 11 is 7.21. The van der Waals surface area contributed by atoms with Crippen molar-refractivity contribution >= 4 is 47.8 Å². The third-order valence-electron chi connectivity index (χ3n) is 2.27.